The van der Waals surface area contributed by atoms with E-state index in [0.717, 1.165) is 0 Å². The highest BCUT2D eigenvalue weighted by Crippen LogP contribution is 2.40. The maximum atomic E-state index is 13.2. The highest BCUT2D eigenvalue weighted by molar-refractivity contribution is 7.76. The summed E-state index contributed by atoms with van der Waals surface area (Å²) in [7, 11) is 0. The van der Waals surface area contributed by atoms with Crippen LogP contribution in [-0.2, 0) is 28.1 Å². The Morgan fingerprint density at radius 1 is 1.26 bits per heavy atom. The lowest BCUT2D eigenvalue weighted by Crippen LogP contribution is -2.61. The minimum atomic E-state index is -4.67. The Morgan fingerprint density at radius 2 is 1.97 bits per heavy atom. The van der Waals surface area contributed by atoms with Gasteiger partial charge in [0.25, 0.3) is 0 Å². The third-order valence-electron chi connectivity index (χ3n) is 5.61. The summed E-state index contributed by atoms with van der Waals surface area (Å²) >= 11 is -2.87. The average molecular weight is 507 g/mol. The first-order valence-corrected chi connectivity index (χ1v) is 11.6. The highest BCUT2D eigenvalue weighted by Gasteiger charge is 2.52. The van der Waals surface area contributed by atoms with E-state index in [1.54, 1.807) is 59.3 Å². The molecule has 1 atom stereocenters. The molecule has 35 heavy (non-hydrogen) atoms. The van der Waals surface area contributed by atoms with E-state index in [-0.39, 0.29) is 13.2 Å². The van der Waals surface area contributed by atoms with Crippen molar-refractivity contribution in [1.29, 1.82) is 5.26 Å². The third kappa shape index (κ3) is 5.23. The normalized spacial score (nSPS) is 15.9. The molecule has 0 bridgehead atoms. The zero-order chi connectivity index (χ0) is 25.2. The van der Waals surface area contributed by atoms with Crippen LogP contribution in [0.1, 0.15) is 18.1 Å². The Bertz CT molecular complexity index is 1270. The van der Waals surface area contributed by atoms with Crippen molar-refractivity contribution in [3.05, 3.63) is 65.7 Å². The van der Waals surface area contributed by atoms with Gasteiger partial charge >= 0.3 is 6.18 Å². The first-order valence-electron chi connectivity index (χ1n) is 10.5. The van der Waals surface area contributed by atoms with Crippen LogP contribution in [0.5, 0.6) is 11.6 Å². The van der Waals surface area contributed by atoms with Gasteiger partial charge in [0.05, 0.1) is 30.5 Å². The quantitative estimate of drug-likeness (QED) is 0.453. The number of aromatic nitrogens is 2. The molecule has 1 aliphatic rings. The summed E-state index contributed by atoms with van der Waals surface area (Å²) < 4.78 is 74.2. The van der Waals surface area contributed by atoms with Gasteiger partial charge in [-0.3, -0.25) is 4.55 Å². The van der Waals surface area contributed by atoms with E-state index in [0.29, 0.717) is 44.9 Å². The number of aryl methyl sites for hydroxylation is 1. The molecule has 1 aromatic heterocycles. The van der Waals surface area contributed by atoms with Crippen LogP contribution in [0.2, 0.25) is 0 Å². The smallest absolute Gasteiger partial charge is 0.402 e. The maximum absolute atomic E-state index is 13.2. The number of hydrogen-bond acceptors (Lipinski definition) is 5. The number of ether oxygens (including phenoxy) is 2. The molecule has 2 aromatic carbocycles. The molecule has 4 rings (SSSR count). The first-order chi connectivity index (χ1) is 16.6. The number of benzene rings is 2. The minimum absolute atomic E-state index is 0.157. The number of halogens is 3. The molecule has 1 N–H and O–H groups in total. The summed E-state index contributed by atoms with van der Waals surface area (Å²) in [6.45, 7) is 0.498. The van der Waals surface area contributed by atoms with E-state index in [2.05, 4.69) is 5.10 Å². The Balaban J connectivity index is 1.66. The highest BCUT2D eigenvalue weighted by atomic mass is 32.2. The Morgan fingerprint density at radius 3 is 2.51 bits per heavy atom. The van der Waals surface area contributed by atoms with Gasteiger partial charge in [0, 0.05) is 18.2 Å². The molecule has 0 saturated carbocycles. The van der Waals surface area contributed by atoms with E-state index >= 15 is 0 Å². The van der Waals surface area contributed by atoms with Gasteiger partial charge in [-0.25, -0.2) is 8.89 Å². The van der Waals surface area contributed by atoms with Gasteiger partial charge in [0.2, 0.25) is 17.1 Å². The van der Waals surface area contributed by atoms with Crippen molar-refractivity contribution in [3.8, 4) is 29.0 Å². The third-order valence-corrected chi connectivity index (χ3v) is 6.47. The fourth-order valence-electron chi connectivity index (χ4n) is 3.80. The fourth-order valence-corrected chi connectivity index (χ4v) is 4.57. The van der Waals surface area contributed by atoms with Gasteiger partial charge in [-0.1, -0.05) is 18.2 Å². The second kappa shape index (κ2) is 9.79. The van der Waals surface area contributed by atoms with Crippen LogP contribution in [0, 0.1) is 11.3 Å². The topological polar surface area (TPSA) is 101 Å². The van der Waals surface area contributed by atoms with Crippen molar-refractivity contribution in [2.24, 2.45) is 0 Å². The van der Waals surface area contributed by atoms with Gasteiger partial charge in [0.15, 0.2) is 0 Å². The monoisotopic (exact) mass is 506 g/mol. The SMILES string of the molecule is CCn1nc(-c2cccc(C3(N(CC(F)(F)F)S(=O)O)COC3)c2)cc1Oc1ccc(C#N)cc1. The van der Waals surface area contributed by atoms with Crippen molar-refractivity contribution in [1.82, 2.24) is 14.1 Å². The van der Waals surface area contributed by atoms with E-state index in [1.807, 2.05) is 13.0 Å². The molecule has 184 valence electrons. The van der Waals surface area contributed by atoms with Crippen LogP contribution < -0.4 is 4.74 Å². The van der Waals surface area contributed by atoms with Gasteiger partial charge in [-0.15, -0.1) is 0 Å². The van der Waals surface area contributed by atoms with Gasteiger partial charge in [-0.05, 0) is 42.8 Å². The predicted molar refractivity (Wildman–Crippen MR) is 121 cm³/mol. The van der Waals surface area contributed by atoms with Crippen molar-refractivity contribution >= 4 is 11.3 Å². The molecule has 1 saturated heterocycles. The van der Waals surface area contributed by atoms with E-state index < -0.39 is 29.5 Å². The summed E-state index contributed by atoms with van der Waals surface area (Å²) in [6, 6.07) is 17.0. The number of nitrogens with zero attached hydrogens (tertiary/aromatic N) is 4. The lowest BCUT2D eigenvalue weighted by molar-refractivity contribution is -0.178. The van der Waals surface area contributed by atoms with E-state index in [1.165, 1.54) is 0 Å². The standard InChI is InChI=1S/C23H21F3N4O4S/c1-2-29-21(34-19-8-6-16(12-27)7-9-19)11-20(28-29)17-4-3-5-18(10-17)22(14-33-15-22)30(35(31)32)13-23(24,25)26/h3-11H,2,13-15H2,1H3,(H,31,32). The number of rotatable bonds is 8. The van der Waals surface area contributed by atoms with Crippen LogP contribution in [-0.4, -0.2) is 48.8 Å². The molecule has 2 heterocycles. The zero-order valence-electron chi connectivity index (χ0n) is 18.5. The predicted octanol–water partition coefficient (Wildman–Crippen LogP) is 4.46. The second-order valence-corrected chi connectivity index (χ2v) is 8.81. The van der Waals surface area contributed by atoms with Crippen molar-refractivity contribution in [3.63, 3.8) is 0 Å². The minimum Gasteiger partial charge on any atom is -0.439 e. The molecule has 12 heteroatoms. The number of alkyl halides is 3. The molecule has 1 fully saturated rings. The van der Waals surface area contributed by atoms with Crippen LogP contribution in [0.25, 0.3) is 11.3 Å². The summed E-state index contributed by atoms with van der Waals surface area (Å²) in [5.41, 5.74) is 0.617. The van der Waals surface area contributed by atoms with Crippen LogP contribution in [0.3, 0.4) is 0 Å². The van der Waals surface area contributed by atoms with Gasteiger partial charge < -0.3 is 9.47 Å². The second-order valence-electron chi connectivity index (χ2n) is 7.91. The molecular weight excluding hydrogens is 485 g/mol. The molecular formula is C23H21F3N4O4S. The maximum Gasteiger partial charge on any atom is 0.402 e. The Labute approximate surface area is 201 Å². The van der Waals surface area contributed by atoms with Crippen LogP contribution in [0.15, 0.2) is 54.6 Å². The summed E-state index contributed by atoms with van der Waals surface area (Å²) in [4.78, 5) is 0. The zero-order valence-corrected chi connectivity index (χ0v) is 19.3. The lowest BCUT2D eigenvalue weighted by atomic mass is 9.86. The molecule has 0 aliphatic carbocycles. The molecule has 1 aliphatic heterocycles. The Hall–Kier alpha value is -3.24. The summed E-state index contributed by atoms with van der Waals surface area (Å²) in [5.74, 6) is 0.951. The molecule has 1 unspecified atom stereocenters. The number of nitriles is 1. The molecule has 3 aromatic rings. The largest absolute Gasteiger partial charge is 0.439 e. The van der Waals surface area contributed by atoms with Crippen molar-refractivity contribution in [2.45, 2.75) is 25.2 Å². The average Bonchev–Trinajstić information content (AvgIpc) is 3.20. The summed E-state index contributed by atoms with van der Waals surface area (Å²) in [6.07, 6.45) is -4.67. The van der Waals surface area contributed by atoms with Crippen molar-refractivity contribution < 1.29 is 31.4 Å². The Kier molecular flexibility index (Phi) is 6.95. The molecule has 0 spiro atoms. The fraction of sp³-hybridized carbons (Fsp3) is 0.304. The van der Waals surface area contributed by atoms with Crippen molar-refractivity contribution in [2.75, 3.05) is 19.8 Å². The number of hydrogen-bond donors (Lipinski definition) is 1. The van der Waals surface area contributed by atoms with Crippen LogP contribution >= 0.6 is 0 Å². The van der Waals surface area contributed by atoms with Gasteiger partial charge in [0.1, 0.15) is 17.8 Å². The summed E-state index contributed by atoms with van der Waals surface area (Å²) in [5, 5.41) is 13.5. The van der Waals surface area contributed by atoms with E-state index in [4.69, 9.17) is 14.7 Å². The molecule has 0 amide bonds. The van der Waals surface area contributed by atoms with Gasteiger partial charge in [-0.2, -0.15) is 27.8 Å². The first kappa shape index (κ1) is 24.9. The molecule has 8 nitrogen and oxygen atoms in total. The van der Waals surface area contributed by atoms with E-state index in [9.17, 15) is 21.9 Å². The lowest BCUT2D eigenvalue weighted by Gasteiger charge is -2.47. The molecule has 0 radical (unpaired) electrons. The van der Waals surface area contributed by atoms with Crippen LogP contribution in [0.4, 0.5) is 13.2 Å².